The number of anilines is 1. The Balaban J connectivity index is 1.38. The van der Waals surface area contributed by atoms with Crippen molar-refractivity contribution in [1.29, 1.82) is 0 Å². The average molecular weight is 566 g/mol. The summed E-state index contributed by atoms with van der Waals surface area (Å²) in [6.07, 6.45) is 7.90. The van der Waals surface area contributed by atoms with E-state index in [1.807, 2.05) is 12.1 Å². The molecule has 1 aromatic carbocycles. The SMILES string of the molecule is CCC(c1c(Cl)cnc2nc(-c3ccc(N4CCOCC4)cc3OC)[nH]c12)C1C2C=CC(C2)C1C(=O)NCCO. The molecule has 3 heterocycles. The van der Waals surface area contributed by atoms with Gasteiger partial charge in [0.1, 0.15) is 11.6 Å². The minimum Gasteiger partial charge on any atom is -0.496 e. The van der Waals surface area contributed by atoms with Gasteiger partial charge in [0.15, 0.2) is 5.65 Å². The first-order valence-corrected chi connectivity index (χ1v) is 14.5. The molecule has 1 saturated carbocycles. The van der Waals surface area contributed by atoms with E-state index in [1.54, 1.807) is 13.3 Å². The van der Waals surface area contributed by atoms with E-state index in [2.05, 4.69) is 45.3 Å². The fourth-order valence-electron chi connectivity index (χ4n) is 7.08. The standard InChI is InChI=1S/C30H36ClN5O4/c1-3-20(24-17-4-5-18(14-17)25(24)30(38)32-8-11-37)26-22(31)16-33-29-27(26)34-28(35-29)21-7-6-19(15-23(21)39-2)36-9-12-40-13-10-36/h4-7,15-18,20,24-25,37H,3,8-14H2,1-2H3,(H,32,38)(H,33,34,35). The number of morpholine rings is 1. The van der Waals surface area contributed by atoms with E-state index in [1.165, 1.54) is 0 Å². The monoisotopic (exact) mass is 565 g/mol. The van der Waals surface area contributed by atoms with E-state index >= 15 is 0 Å². The molecule has 5 atom stereocenters. The Morgan fingerprint density at radius 3 is 2.85 bits per heavy atom. The van der Waals surface area contributed by atoms with Gasteiger partial charge < -0.3 is 29.8 Å². The van der Waals surface area contributed by atoms with Gasteiger partial charge in [-0.2, -0.15) is 0 Å². The molecule has 1 aliphatic heterocycles. The van der Waals surface area contributed by atoms with Crippen molar-refractivity contribution >= 4 is 34.4 Å². The van der Waals surface area contributed by atoms with Gasteiger partial charge in [-0.05, 0) is 48.6 Å². The van der Waals surface area contributed by atoms with E-state index in [0.29, 0.717) is 35.6 Å². The number of ether oxygens (including phenoxy) is 2. The number of aromatic amines is 1. The van der Waals surface area contributed by atoms with Crippen LogP contribution in [-0.2, 0) is 9.53 Å². The molecule has 0 radical (unpaired) electrons. The number of benzene rings is 1. The quantitative estimate of drug-likeness (QED) is 0.334. The Kier molecular flexibility index (Phi) is 7.70. The van der Waals surface area contributed by atoms with Crippen molar-refractivity contribution in [2.45, 2.75) is 25.7 Å². The Hall–Kier alpha value is -3.14. The number of hydrogen-bond donors (Lipinski definition) is 3. The Morgan fingerprint density at radius 2 is 2.10 bits per heavy atom. The lowest BCUT2D eigenvalue weighted by Gasteiger charge is -2.34. The van der Waals surface area contributed by atoms with E-state index in [-0.39, 0.29) is 42.7 Å². The van der Waals surface area contributed by atoms with Gasteiger partial charge in [0, 0.05) is 49.1 Å². The van der Waals surface area contributed by atoms with Crippen LogP contribution in [0.2, 0.25) is 5.02 Å². The van der Waals surface area contributed by atoms with Gasteiger partial charge in [-0.15, -0.1) is 0 Å². The predicted octanol–water partition coefficient (Wildman–Crippen LogP) is 4.16. The first-order chi connectivity index (χ1) is 19.5. The Morgan fingerprint density at radius 1 is 1.30 bits per heavy atom. The van der Waals surface area contributed by atoms with Crippen molar-refractivity contribution < 1.29 is 19.4 Å². The number of fused-ring (bicyclic) bond motifs is 3. The average Bonchev–Trinajstić information content (AvgIpc) is 3.73. The summed E-state index contributed by atoms with van der Waals surface area (Å²) in [6.45, 7) is 5.44. The number of aliphatic hydroxyl groups excluding tert-OH is 1. The van der Waals surface area contributed by atoms with E-state index in [0.717, 1.165) is 54.0 Å². The molecule has 2 bridgehead atoms. The van der Waals surface area contributed by atoms with Gasteiger partial charge in [-0.1, -0.05) is 30.7 Å². The smallest absolute Gasteiger partial charge is 0.224 e. The summed E-state index contributed by atoms with van der Waals surface area (Å²) >= 11 is 6.89. The minimum atomic E-state index is -0.166. The highest BCUT2D eigenvalue weighted by Gasteiger charge is 2.51. The minimum absolute atomic E-state index is 0.00571. The molecular weight excluding hydrogens is 530 g/mol. The second kappa shape index (κ2) is 11.4. The number of nitrogens with zero attached hydrogens (tertiary/aromatic N) is 3. The van der Waals surface area contributed by atoms with Gasteiger partial charge in [-0.3, -0.25) is 4.79 Å². The van der Waals surface area contributed by atoms with Crippen molar-refractivity contribution in [2.24, 2.45) is 23.7 Å². The third kappa shape index (κ3) is 4.74. The topological polar surface area (TPSA) is 113 Å². The number of allylic oxidation sites excluding steroid dienone is 2. The number of nitrogens with one attached hydrogen (secondary N) is 2. The van der Waals surface area contributed by atoms with E-state index in [4.69, 9.17) is 26.1 Å². The lowest BCUT2D eigenvalue weighted by molar-refractivity contribution is -0.127. The van der Waals surface area contributed by atoms with Gasteiger partial charge in [0.05, 0.1) is 43.0 Å². The molecule has 3 aliphatic rings. The van der Waals surface area contributed by atoms with Crippen molar-refractivity contribution in [3.63, 3.8) is 0 Å². The van der Waals surface area contributed by atoms with Crippen LogP contribution >= 0.6 is 11.6 Å². The molecule has 1 amide bonds. The zero-order valence-electron chi connectivity index (χ0n) is 22.9. The van der Waals surface area contributed by atoms with Crippen LogP contribution < -0.4 is 15.0 Å². The molecule has 5 unspecified atom stereocenters. The summed E-state index contributed by atoms with van der Waals surface area (Å²) in [6, 6.07) is 6.16. The highest BCUT2D eigenvalue weighted by atomic mass is 35.5. The highest BCUT2D eigenvalue weighted by Crippen LogP contribution is 2.55. The van der Waals surface area contributed by atoms with Crippen LogP contribution in [0.4, 0.5) is 5.69 Å². The van der Waals surface area contributed by atoms with Crippen LogP contribution in [0.1, 0.15) is 31.2 Å². The molecule has 6 rings (SSSR count). The molecule has 3 aromatic rings. The maximum Gasteiger partial charge on any atom is 0.224 e. The summed E-state index contributed by atoms with van der Waals surface area (Å²) in [4.78, 5) is 28.5. The maximum atomic E-state index is 13.3. The summed E-state index contributed by atoms with van der Waals surface area (Å²) in [5, 5.41) is 12.8. The molecule has 0 spiro atoms. The fraction of sp³-hybridized carbons (Fsp3) is 0.500. The van der Waals surface area contributed by atoms with Crippen LogP contribution in [-0.4, -0.2) is 72.5 Å². The van der Waals surface area contributed by atoms with Crippen LogP contribution in [0.25, 0.3) is 22.6 Å². The summed E-state index contributed by atoms with van der Waals surface area (Å²) in [7, 11) is 1.67. The van der Waals surface area contributed by atoms with Crippen molar-refractivity contribution in [3.8, 4) is 17.1 Å². The van der Waals surface area contributed by atoms with Crippen molar-refractivity contribution in [1.82, 2.24) is 20.3 Å². The number of halogens is 1. The molecule has 2 fully saturated rings. The van der Waals surface area contributed by atoms with E-state index in [9.17, 15) is 9.90 Å². The number of carbonyl (C=O) groups is 1. The molecule has 10 heteroatoms. The molecule has 9 nitrogen and oxygen atoms in total. The second-order valence-corrected chi connectivity index (χ2v) is 11.3. The number of pyridine rings is 1. The van der Waals surface area contributed by atoms with Crippen molar-refractivity contribution in [3.05, 3.63) is 47.1 Å². The molecule has 2 aromatic heterocycles. The molecule has 212 valence electrons. The van der Waals surface area contributed by atoms with Gasteiger partial charge in [0.2, 0.25) is 5.91 Å². The zero-order valence-corrected chi connectivity index (χ0v) is 23.7. The molecule has 1 saturated heterocycles. The molecular formula is C30H36ClN5O4. The summed E-state index contributed by atoms with van der Waals surface area (Å²) < 4.78 is 11.3. The maximum absolute atomic E-state index is 13.3. The van der Waals surface area contributed by atoms with Crippen molar-refractivity contribution in [2.75, 3.05) is 51.5 Å². The fourth-order valence-corrected chi connectivity index (χ4v) is 7.36. The van der Waals surface area contributed by atoms with Crippen LogP contribution in [0.5, 0.6) is 5.75 Å². The number of aromatic nitrogens is 3. The first kappa shape index (κ1) is 27.1. The third-order valence-electron chi connectivity index (χ3n) is 8.84. The zero-order chi connectivity index (χ0) is 27.8. The molecule has 2 aliphatic carbocycles. The number of rotatable bonds is 9. The number of carbonyl (C=O) groups excluding carboxylic acids is 1. The number of H-pyrrole nitrogens is 1. The van der Waals surface area contributed by atoms with Gasteiger partial charge in [-0.25, -0.2) is 9.97 Å². The third-order valence-corrected chi connectivity index (χ3v) is 9.14. The second-order valence-electron chi connectivity index (χ2n) is 10.9. The lowest BCUT2D eigenvalue weighted by Crippen LogP contribution is -2.40. The largest absolute Gasteiger partial charge is 0.496 e. The predicted molar refractivity (Wildman–Crippen MR) is 155 cm³/mol. The Bertz CT molecular complexity index is 1420. The summed E-state index contributed by atoms with van der Waals surface area (Å²) in [5.41, 5.74) is 4.28. The van der Waals surface area contributed by atoms with Crippen LogP contribution in [0, 0.1) is 23.7 Å². The normalized spacial score (nSPS) is 24.6. The van der Waals surface area contributed by atoms with Crippen LogP contribution in [0.3, 0.4) is 0 Å². The van der Waals surface area contributed by atoms with Crippen LogP contribution in [0.15, 0.2) is 36.5 Å². The lowest BCUT2D eigenvalue weighted by atomic mass is 9.71. The first-order valence-electron chi connectivity index (χ1n) is 14.2. The van der Waals surface area contributed by atoms with Gasteiger partial charge >= 0.3 is 0 Å². The number of imidazole rings is 1. The Labute approximate surface area is 238 Å². The molecule has 40 heavy (non-hydrogen) atoms. The number of hydrogen-bond acceptors (Lipinski definition) is 7. The van der Waals surface area contributed by atoms with Gasteiger partial charge in [0.25, 0.3) is 0 Å². The number of aliphatic hydroxyl groups is 1. The number of amides is 1. The molecule has 3 N–H and O–H groups in total. The highest BCUT2D eigenvalue weighted by molar-refractivity contribution is 6.32. The summed E-state index contributed by atoms with van der Waals surface area (Å²) in [5.74, 6) is 1.85. The number of methoxy groups -OCH3 is 1. The van der Waals surface area contributed by atoms with E-state index < -0.39 is 0 Å².